The number of para-hydroxylation sites is 1. The zero-order valence-corrected chi connectivity index (χ0v) is 14.0. The number of aromatic nitrogens is 1. The summed E-state index contributed by atoms with van der Waals surface area (Å²) in [7, 11) is 1.68. The first-order valence-corrected chi connectivity index (χ1v) is 8.14. The Labute approximate surface area is 145 Å². The Balaban J connectivity index is 1.89. The van der Waals surface area contributed by atoms with E-state index >= 15 is 0 Å². The zero-order chi connectivity index (χ0) is 17.8. The third kappa shape index (κ3) is 3.61. The Morgan fingerprint density at radius 2 is 1.80 bits per heavy atom. The highest BCUT2D eigenvalue weighted by Gasteiger charge is 2.17. The van der Waals surface area contributed by atoms with Crippen LogP contribution in [0, 0.1) is 0 Å². The highest BCUT2D eigenvalue weighted by Crippen LogP contribution is 2.16. The van der Waals surface area contributed by atoms with Gasteiger partial charge in [0.15, 0.2) is 0 Å². The van der Waals surface area contributed by atoms with E-state index in [1.807, 2.05) is 48.5 Å². The summed E-state index contributed by atoms with van der Waals surface area (Å²) in [5.41, 5.74) is 1.80. The average molecular weight is 336 g/mol. The smallest absolute Gasteiger partial charge is 0.252 e. The predicted octanol–water partition coefficient (Wildman–Crippen LogP) is 1.87. The Morgan fingerprint density at radius 1 is 1.12 bits per heavy atom. The molecule has 2 N–H and O–H groups in total. The van der Waals surface area contributed by atoms with E-state index in [1.165, 1.54) is 10.6 Å². The summed E-state index contributed by atoms with van der Waals surface area (Å²) in [5.74, 6) is -0.358. The maximum absolute atomic E-state index is 12.7. The van der Waals surface area contributed by atoms with E-state index in [0.29, 0.717) is 22.9 Å². The van der Waals surface area contributed by atoms with Crippen LogP contribution in [0.25, 0.3) is 10.9 Å². The van der Waals surface area contributed by atoms with Crippen LogP contribution in [0.5, 0.6) is 0 Å². The first-order chi connectivity index (χ1) is 12.1. The van der Waals surface area contributed by atoms with Crippen LogP contribution < -0.4 is 10.9 Å². The molecule has 2 aromatic carbocycles. The predicted molar refractivity (Wildman–Crippen MR) is 97.7 cm³/mol. The number of benzene rings is 2. The molecule has 0 aliphatic rings. The van der Waals surface area contributed by atoms with E-state index in [4.69, 9.17) is 0 Å². The van der Waals surface area contributed by atoms with E-state index in [1.54, 1.807) is 13.1 Å². The number of carbonyl (C=O) groups is 1. The minimum absolute atomic E-state index is 0.177. The van der Waals surface area contributed by atoms with E-state index in [2.05, 4.69) is 5.32 Å². The topological polar surface area (TPSA) is 71.3 Å². The molecule has 1 amide bonds. The largest absolute Gasteiger partial charge is 0.394 e. The van der Waals surface area contributed by atoms with Gasteiger partial charge < -0.3 is 15.0 Å². The van der Waals surface area contributed by atoms with Gasteiger partial charge in [-0.15, -0.1) is 0 Å². The molecule has 0 aliphatic carbocycles. The summed E-state index contributed by atoms with van der Waals surface area (Å²) < 4.78 is 1.51. The summed E-state index contributed by atoms with van der Waals surface area (Å²) in [6.07, 6.45) is 0.520. The Hall–Kier alpha value is -2.92. The Bertz CT molecular complexity index is 948. The molecule has 0 aliphatic heterocycles. The van der Waals surface area contributed by atoms with Gasteiger partial charge in [0.1, 0.15) is 0 Å². The summed E-state index contributed by atoms with van der Waals surface area (Å²) in [6, 6.07) is 17.8. The van der Waals surface area contributed by atoms with E-state index in [0.717, 1.165) is 5.56 Å². The number of nitrogens with one attached hydrogen (secondary N) is 1. The number of hydrogen-bond donors (Lipinski definition) is 2. The molecule has 1 unspecified atom stereocenters. The molecule has 0 bridgehead atoms. The zero-order valence-electron chi connectivity index (χ0n) is 14.0. The van der Waals surface area contributed by atoms with Gasteiger partial charge in [-0.1, -0.05) is 48.5 Å². The number of carbonyl (C=O) groups excluding carboxylic acids is 1. The minimum atomic E-state index is -0.419. The minimum Gasteiger partial charge on any atom is -0.394 e. The highest BCUT2D eigenvalue weighted by molar-refractivity contribution is 6.06. The SMILES string of the molecule is Cn1c(=O)cc(C(=O)NC(CO)Cc2ccccc2)c2ccccc21. The van der Waals surface area contributed by atoms with Gasteiger partial charge in [0.05, 0.1) is 23.7 Å². The van der Waals surface area contributed by atoms with E-state index in [-0.39, 0.29) is 18.1 Å². The van der Waals surface area contributed by atoms with E-state index < -0.39 is 6.04 Å². The summed E-state index contributed by atoms with van der Waals surface area (Å²) in [6.45, 7) is -0.177. The lowest BCUT2D eigenvalue weighted by molar-refractivity contribution is 0.0918. The van der Waals surface area contributed by atoms with Crippen molar-refractivity contribution in [2.24, 2.45) is 7.05 Å². The Morgan fingerprint density at radius 3 is 2.52 bits per heavy atom. The molecule has 128 valence electrons. The molecule has 5 nitrogen and oxygen atoms in total. The van der Waals surface area contributed by atoms with Gasteiger partial charge >= 0.3 is 0 Å². The molecule has 0 spiro atoms. The van der Waals surface area contributed by atoms with Crippen LogP contribution >= 0.6 is 0 Å². The maximum Gasteiger partial charge on any atom is 0.252 e. The standard InChI is InChI=1S/C20H20N2O3/c1-22-18-10-6-5-9-16(18)17(12-19(22)24)20(25)21-15(13-23)11-14-7-3-2-4-8-14/h2-10,12,15,23H,11,13H2,1H3,(H,21,25). The summed E-state index contributed by atoms with van der Waals surface area (Å²) in [4.78, 5) is 24.8. The quantitative estimate of drug-likeness (QED) is 0.747. The number of pyridine rings is 1. The number of aliphatic hydroxyl groups is 1. The van der Waals surface area contributed by atoms with Crippen molar-refractivity contribution in [3.8, 4) is 0 Å². The molecule has 5 heteroatoms. The monoisotopic (exact) mass is 336 g/mol. The van der Waals surface area contributed by atoms with Gasteiger partial charge in [-0.3, -0.25) is 9.59 Å². The number of aliphatic hydroxyl groups excluding tert-OH is 1. The fraction of sp³-hybridized carbons (Fsp3) is 0.200. The third-order valence-electron chi connectivity index (χ3n) is 4.28. The molecule has 0 saturated heterocycles. The lowest BCUT2D eigenvalue weighted by atomic mass is 10.0. The van der Waals surface area contributed by atoms with Crippen molar-refractivity contribution in [1.29, 1.82) is 0 Å². The molecular formula is C20H20N2O3. The van der Waals surface area contributed by atoms with Gasteiger partial charge in [-0.25, -0.2) is 0 Å². The van der Waals surface area contributed by atoms with Crippen LogP contribution in [0.4, 0.5) is 0 Å². The van der Waals surface area contributed by atoms with Crippen LogP contribution in [-0.4, -0.2) is 28.2 Å². The lowest BCUT2D eigenvalue weighted by Crippen LogP contribution is -2.39. The lowest BCUT2D eigenvalue weighted by Gasteiger charge is -2.17. The maximum atomic E-state index is 12.7. The number of aryl methyl sites for hydroxylation is 1. The van der Waals surface area contributed by atoms with Crippen molar-refractivity contribution >= 4 is 16.8 Å². The fourth-order valence-electron chi connectivity index (χ4n) is 2.92. The molecule has 1 heterocycles. The van der Waals surface area contributed by atoms with Crippen molar-refractivity contribution in [1.82, 2.24) is 9.88 Å². The Kier molecular flexibility index (Phi) is 4.95. The van der Waals surface area contributed by atoms with Crippen LogP contribution in [0.3, 0.4) is 0 Å². The van der Waals surface area contributed by atoms with Gasteiger partial charge in [-0.05, 0) is 18.1 Å². The highest BCUT2D eigenvalue weighted by atomic mass is 16.3. The van der Waals surface area contributed by atoms with Gasteiger partial charge in [-0.2, -0.15) is 0 Å². The molecule has 1 aromatic heterocycles. The molecule has 25 heavy (non-hydrogen) atoms. The average Bonchev–Trinajstić information content (AvgIpc) is 2.65. The molecule has 1 atom stereocenters. The van der Waals surface area contributed by atoms with Gasteiger partial charge in [0.2, 0.25) is 0 Å². The van der Waals surface area contributed by atoms with Crippen molar-refractivity contribution < 1.29 is 9.90 Å². The van der Waals surface area contributed by atoms with Gasteiger partial charge in [0.25, 0.3) is 11.5 Å². The fourth-order valence-corrected chi connectivity index (χ4v) is 2.92. The van der Waals surface area contributed by atoms with Crippen molar-refractivity contribution in [2.75, 3.05) is 6.61 Å². The van der Waals surface area contributed by atoms with Gasteiger partial charge in [0, 0.05) is 18.5 Å². The molecule has 3 rings (SSSR count). The van der Waals surface area contributed by atoms with Crippen molar-refractivity contribution in [2.45, 2.75) is 12.5 Å². The van der Waals surface area contributed by atoms with Crippen molar-refractivity contribution in [3.05, 3.63) is 82.1 Å². The summed E-state index contributed by atoms with van der Waals surface area (Å²) in [5, 5.41) is 13.2. The molecular weight excluding hydrogens is 316 g/mol. The van der Waals surface area contributed by atoms with Crippen LogP contribution in [-0.2, 0) is 13.5 Å². The molecule has 0 saturated carbocycles. The second-order valence-electron chi connectivity index (χ2n) is 6.02. The van der Waals surface area contributed by atoms with E-state index in [9.17, 15) is 14.7 Å². The molecule has 0 radical (unpaired) electrons. The number of rotatable bonds is 5. The number of nitrogens with zero attached hydrogens (tertiary/aromatic N) is 1. The second kappa shape index (κ2) is 7.32. The van der Waals surface area contributed by atoms with Crippen LogP contribution in [0.15, 0.2) is 65.5 Å². The number of fused-ring (bicyclic) bond motifs is 1. The second-order valence-corrected chi connectivity index (χ2v) is 6.02. The summed E-state index contributed by atoms with van der Waals surface area (Å²) >= 11 is 0. The molecule has 0 fully saturated rings. The third-order valence-corrected chi connectivity index (χ3v) is 4.28. The van der Waals surface area contributed by atoms with Crippen LogP contribution in [0.2, 0.25) is 0 Å². The van der Waals surface area contributed by atoms with Crippen LogP contribution in [0.1, 0.15) is 15.9 Å². The first-order valence-electron chi connectivity index (χ1n) is 8.14. The first kappa shape index (κ1) is 16.9. The number of amides is 1. The normalized spacial score (nSPS) is 12.1. The number of hydrogen-bond acceptors (Lipinski definition) is 3. The van der Waals surface area contributed by atoms with Crippen molar-refractivity contribution in [3.63, 3.8) is 0 Å². The molecule has 3 aromatic rings.